The van der Waals surface area contributed by atoms with Gasteiger partial charge in [-0.15, -0.1) is 0 Å². The summed E-state index contributed by atoms with van der Waals surface area (Å²) in [6.07, 6.45) is 2.03. The van der Waals surface area contributed by atoms with Crippen LogP contribution in [-0.4, -0.2) is 31.7 Å². The highest BCUT2D eigenvalue weighted by molar-refractivity contribution is 6.09. The minimum atomic E-state index is -0.101. The molecule has 2 aromatic carbocycles. The summed E-state index contributed by atoms with van der Waals surface area (Å²) in [5.74, 6) is 1.27. The Morgan fingerprint density at radius 1 is 0.862 bits per heavy atom. The van der Waals surface area contributed by atoms with E-state index >= 15 is 0 Å². The van der Waals surface area contributed by atoms with Crippen LogP contribution in [0.25, 0.3) is 11.1 Å². The van der Waals surface area contributed by atoms with Crippen molar-refractivity contribution in [3.63, 3.8) is 0 Å². The lowest BCUT2D eigenvalue weighted by molar-refractivity contribution is 0.102. The van der Waals surface area contributed by atoms with E-state index in [2.05, 4.69) is 45.0 Å². The van der Waals surface area contributed by atoms with Crippen LogP contribution in [0.15, 0.2) is 48.7 Å². The van der Waals surface area contributed by atoms with Gasteiger partial charge in [0.25, 0.3) is 0 Å². The molecule has 0 aliphatic carbocycles. The van der Waals surface area contributed by atoms with Gasteiger partial charge in [0.1, 0.15) is 0 Å². The number of carbonyl (C=O) groups excluding carboxylic acids is 1. The number of nitrogens with zero attached hydrogens (tertiary/aromatic N) is 1. The Bertz CT molecular complexity index is 991. The van der Waals surface area contributed by atoms with Crippen molar-refractivity contribution in [1.29, 1.82) is 0 Å². The van der Waals surface area contributed by atoms with E-state index < -0.39 is 0 Å². The van der Waals surface area contributed by atoms with Gasteiger partial charge in [0.2, 0.25) is 11.5 Å². The van der Waals surface area contributed by atoms with Crippen LogP contribution < -0.4 is 14.2 Å². The predicted octanol–water partition coefficient (Wildman–Crippen LogP) is 5.30. The highest BCUT2D eigenvalue weighted by Crippen LogP contribution is 2.39. The quantitative estimate of drug-likeness (QED) is 0.511. The number of ketones is 1. The molecule has 29 heavy (non-hydrogen) atoms. The Labute approximate surface area is 171 Å². The molecular formula is C24H27NO4. The van der Waals surface area contributed by atoms with Gasteiger partial charge in [0.05, 0.1) is 27.0 Å². The summed E-state index contributed by atoms with van der Waals surface area (Å²) in [6.45, 7) is 6.18. The third-order valence-electron chi connectivity index (χ3n) is 4.95. The molecule has 5 heteroatoms. The number of benzene rings is 2. The molecule has 3 aromatic rings. The van der Waals surface area contributed by atoms with E-state index in [9.17, 15) is 4.79 Å². The second kappa shape index (κ2) is 8.43. The van der Waals surface area contributed by atoms with Crippen molar-refractivity contribution < 1.29 is 19.0 Å². The highest BCUT2D eigenvalue weighted by atomic mass is 16.5. The van der Waals surface area contributed by atoms with Crippen molar-refractivity contribution in [2.45, 2.75) is 26.8 Å². The maximum atomic E-state index is 13.4. The summed E-state index contributed by atoms with van der Waals surface area (Å²) in [5, 5.41) is 0. The molecule has 0 amide bonds. The van der Waals surface area contributed by atoms with Gasteiger partial charge in [-0.3, -0.25) is 4.79 Å². The van der Waals surface area contributed by atoms with Gasteiger partial charge in [-0.25, -0.2) is 0 Å². The number of hydrogen-bond acceptors (Lipinski definition) is 4. The Morgan fingerprint density at radius 3 is 1.93 bits per heavy atom. The van der Waals surface area contributed by atoms with Gasteiger partial charge in [0.15, 0.2) is 11.5 Å². The van der Waals surface area contributed by atoms with Gasteiger partial charge in [-0.2, -0.15) is 0 Å². The van der Waals surface area contributed by atoms with E-state index in [4.69, 9.17) is 14.2 Å². The van der Waals surface area contributed by atoms with Crippen LogP contribution in [0.2, 0.25) is 0 Å². The maximum Gasteiger partial charge on any atom is 0.209 e. The van der Waals surface area contributed by atoms with Crippen molar-refractivity contribution in [2.75, 3.05) is 21.3 Å². The SMILES string of the molecule is COc1cc(C(=O)c2cc(-c3ccc(C)cc3)cn2C(C)C)cc(OC)c1OC. The van der Waals surface area contributed by atoms with Gasteiger partial charge in [-0.05, 0) is 44.5 Å². The minimum Gasteiger partial charge on any atom is -0.493 e. The first-order valence-corrected chi connectivity index (χ1v) is 9.53. The van der Waals surface area contributed by atoms with E-state index in [0.29, 0.717) is 28.5 Å². The van der Waals surface area contributed by atoms with Crippen LogP contribution in [0.4, 0.5) is 0 Å². The standard InChI is InChI=1S/C24H27NO4/c1-15(2)25-14-19(17-9-7-16(3)8-10-17)11-20(25)23(26)18-12-21(27-4)24(29-6)22(13-18)28-5/h7-15H,1-6H3. The van der Waals surface area contributed by atoms with Crippen molar-refractivity contribution in [3.8, 4) is 28.4 Å². The van der Waals surface area contributed by atoms with Crippen molar-refractivity contribution in [1.82, 2.24) is 4.57 Å². The molecule has 5 nitrogen and oxygen atoms in total. The first kappa shape index (κ1) is 20.5. The Kier molecular flexibility index (Phi) is 5.97. The fourth-order valence-corrected chi connectivity index (χ4v) is 3.35. The van der Waals surface area contributed by atoms with E-state index in [-0.39, 0.29) is 11.8 Å². The van der Waals surface area contributed by atoms with E-state index in [1.165, 1.54) is 19.8 Å². The summed E-state index contributed by atoms with van der Waals surface area (Å²) in [6, 6.07) is 13.7. The average Bonchev–Trinajstić information content (AvgIpc) is 3.18. The number of aryl methyl sites for hydroxylation is 1. The molecule has 152 valence electrons. The Morgan fingerprint density at radius 2 is 1.45 bits per heavy atom. The molecule has 0 N–H and O–H groups in total. The second-order valence-electron chi connectivity index (χ2n) is 7.22. The van der Waals surface area contributed by atoms with Crippen LogP contribution in [0, 0.1) is 6.92 Å². The van der Waals surface area contributed by atoms with E-state index in [1.54, 1.807) is 19.2 Å². The van der Waals surface area contributed by atoms with Gasteiger partial charge >= 0.3 is 0 Å². The average molecular weight is 393 g/mol. The maximum absolute atomic E-state index is 13.4. The van der Waals surface area contributed by atoms with Gasteiger partial charge < -0.3 is 18.8 Å². The molecule has 0 atom stereocenters. The summed E-state index contributed by atoms with van der Waals surface area (Å²) < 4.78 is 18.2. The second-order valence-corrected chi connectivity index (χ2v) is 7.22. The molecule has 3 rings (SSSR count). The smallest absolute Gasteiger partial charge is 0.209 e. The van der Waals surface area contributed by atoms with Gasteiger partial charge in [0, 0.05) is 23.4 Å². The van der Waals surface area contributed by atoms with Crippen LogP contribution in [0.3, 0.4) is 0 Å². The monoisotopic (exact) mass is 393 g/mol. The van der Waals surface area contributed by atoms with Crippen LogP contribution in [0.5, 0.6) is 17.2 Å². The molecule has 0 aliphatic rings. The molecule has 0 fully saturated rings. The van der Waals surface area contributed by atoms with Crippen LogP contribution in [0.1, 0.15) is 41.5 Å². The first-order chi connectivity index (χ1) is 13.9. The Hall–Kier alpha value is -3.21. The van der Waals surface area contributed by atoms with Gasteiger partial charge in [-0.1, -0.05) is 29.8 Å². The molecule has 1 heterocycles. The number of rotatable bonds is 7. The zero-order chi connectivity index (χ0) is 21.1. The molecule has 0 aliphatic heterocycles. The first-order valence-electron chi connectivity index (χ1n) is 9.53. The lowest BCUT2D eigenvalue weighted by atomic mass is 10.0. The number of methoxy groups -OCH3 is 3. The summed E-state index contributed by atoms with van der Waals surface area (Å²) in [7, 11) is 4.62. The number of hydrogen-bond donors (Lipinski definition) is 0. The topological polar surface area (TPSA) is 49.7 Å². The lowest BCUT2D eigenvalue weighted by Gasteiger charge is -2.15. The fourth-order valence-electron chi connectivity index (χ4n) is 3.35. The van der Waals surface area contributed by atoms with Crippen LogP contribution in [-0.2, 0) is 0 Å². The summed E-state index contributed by atoms with van der Waals surface area (Å²) in [4.78, 5) is 13.4. The molecule has 0 saturated carbocycles. The molecule has 1 aromatic heterocycles. The Balaban J connectivity index is 2.10. The number of ether oxygens (including phenoxy) is 3. The third kappa shape index (κ3) is 3.99. The lowest BCUT2D eigenvalue weighted by Crippen LogP contribution is -2.12. The molecular weight excluding hydrogens is 366 g/mol. The number of aromatic nitrogens is 1. The predicted molar refractivity (Wildman–Crippen MR) is 115 cm³/mol. The normalized spacial score (nSPS) is 10.9. The van der Waals surface area contributed by atoms with E-state index in [1.807, 2.05) is 16.8 Å². The van der Waals surface area contributed by atoms with Crippen molar-refractivity contribution in [3.05, 3.63) is 65.5 Å². The largest absolute Gasteiger partial charge is 0.493 e. The highest BCUT2D eigenvalue weighted by Gasteiger charge is 2.22. The fraction of sp³-hybridized carbons (Fsp3) is 0.292. The molecule has 0 saturated heterocycles. The molecule has 0 bridgehead atoms. The van der Waals surface area contributed by atoms with Crippen molar-refractivity contribution in [2.24, 2.45) is 0 Å². The summed E-state index contributed by atoms with van der Waals surface area (Å²) >= 11 is 0. The zero-order valence-electron chi connectivity index (χ0n) is 17.8. The number of carbonyl (C=O) groups is 1. The molecule has 0 spiro atoms. The van der Waals surface area contributed by atoms with E-state index in [0.717, 1.165) is 11.1 Å². The van der Waals surface area contributed by atoms with Crippen molar-refractivity contribution >= 4 is 5.78 Å². The third-order valence-corrected chi connectivity index (χ3v) is 4.95. The molecule has 0 unspecified atom stereocenters. The molecule has 0 radical (unpaired) electrons. The zero-order valence-corrected chi connectivity index (χ0v) is 17.8. The minimum absolute atomic E-state index is 0.101. The van der Waals surface area contributed by atoms with Crippen LogP contribution >= 0.6 is 0 Å². The summed E-state index contributed by atoms with van der Waals surface area (Å²) in [5.41, 5.74) is 4.38.